The third-order valence-corrected chi connectivity index (χ3v) is 2.98. The molecule has 0 saturated heterocycles. The lowest BCUT2D eigenvalue weighted by atomic mass is 9.86. The van der Waals surface area contributed by atoms with Gasteiger partial charge in [0, 0.05) is 5.57 Å². The van der Waals surface area contributed by atoms with Gasteiger partial charge in [0.25, 0.3) is 0 Å². The second kappa shape index (κ2) is 2.79. The first kappa shape index (κ1) is 8.67. The molecule has 2 N–H and O–H groups in total. The number of fused-ring (bicyclic) bond motifs is 1. The molecule has 0 spiro atoms. The number of nitriles is 1. The minimum absolute atomic E-state index is 0.405. The van der Waals surface area contributed by atoms with Gasteiger partial charge in [0.05, 0.1) is 5.57 Å². The molecule has 1 aliphatic heterocycles. The van der Waals surface area contributed by atoms with Crippen LogP contribution in [0.1, 0.15) is 25.7 Å². The van der Waals surface area contributed by atoms with Crippen molar-refractivity contribution in [3.8, 4) is 6.07 Å². The molecule has 0 aromatic carbocycles. The van der Waals surface area contributed by atoms with E-state index in [4.69, 9.17) is 17.5 Å². The molecule has 1 unspecified atom stereocenters. The molecule has 0 radical (unpaired) electrons. The Morgan fingerprint density at radius 1 is 1.54 bits per heavy atom. The second-order valence-electron chi connectivity index (χ2n) is 3.49. The van der Waals surface area contributed by atoms with Crippen molar-refractivity contribution >= 4 is 17.2 Å². The van der Waals surface area contributed by atoms with E-state index in [0.717, 1.165) is 24.8 Å². The molecule has 0 aromatic rings. The van der Waals surface area contributed by atoms with Crippen LogP contribution in [0.25, 0.3) is 0 Å². The highest BCUT2D eigenvalue weighted by molar-refractivity contribution is 7.80. The number of rotatable bonds is 0. The van der Waals surface area contributed by atoms with Crippen molar-refractivity contribution in [2.24, 2.45) is 0 Å². The molecule has 3 nitrogen and oxygen atoms in total. The Kier molecular flexibility index (Phi) is 1.86. The lowest BCUT2D eigenvalue weighted by molar-refractivity contribution is 0.0427. The normalized spacial score (nSPS) is 32.5. The van der Waals surface area contributed by atoms with E-state index >= 15 is 0 Å². The van der Waals surface area contributed by atoms with Crippen molar-refractivity contribution in [3.63, 3.8) is 0 Å². The van der Waals surface area contributed by atoms with Crippen LogP contribution < -0.4 is 5.32 Å². The molecule has 13 heavy (non-hydrogen) atoms. The summed E-state index contributed by atoms with van der Waals surface area (Å²) in [6.07, 6.45) is 3.46. The Morgan fingerprint density at radius 3 is 3.00 bits per heavy atom. The Morgan fingerprint density at radius 2 is 2.31 bits per heavy atom. The summed E-state index contributed by atoms with van der Waals surface area (Å²) in [6.45, 7) is 0. The summed E-state index contributed by atoms with van der Waals surface area (Å²) in [5.41, 5.74) is 0.281. The summed E-state index contributed by atoms with van der Waals surface area (Å²) in [4.78, 5) is 0.405. The highest BCUT2D eigenvalue weighted by atomic mass is 32.1. The molecular weight excluding hydrogens is 184 g/mol. The molecule has 0 amide bonds. The molecule has 4 heteroatoms. The van der Waals surface area contributed by atoms with Gasteiger partial charge < -0.3 is 10.4 Å². The highest BCUT2D eigenvalue weighted by Crippen LogP contribution is 2.37. The van der Waals surface area contributed by atoms with Crippen molar-refractivity contribution in [2.75, 3.05) is 0 Å². The molecule has 1 heterocycles. The number of aliphatic hydroxyl groups is 1. The second-order valence-corrected chi connectivity index (χ2v) is 3.90. The van der Waals surface area contributed by atoms with Gasteiger partial charge in [-0.3, -0.25) is 0 Å². The van der Waals surface area contributed by atoms with Gasteiger partial charge in [-0.15, -0.1) is 0 Å². The summed E-state index contributed by atoms with van der Waals surface area (Å²) in [6, 6.07) is 2.05. The van der Waals surface area contributed by atoms with Crippen molar-refractivity contribution in [2.45, 2.75) is 31.4 Å². The molecule has 2 rings (SSSR count). The maximum Gasteiger partial charge on any atom is 0.160 e. The van der Waals surface area contributed by atoms with Crippen LogP contribution in [0.5, 0.6) is 0 Å². The average molecular weight is 194 g/mol. The molecule has 68 valence electrons. The number of hydrogen-bond acceptors (Lipinski definition) is 3. The predicted molar refractivity (Wildman–Crippen MR) is 51.8 cm³/mol. The van der Waals surface area contributed by atoms with Gasteiger partial charge in [-0.2, -0.15) is 5.26 Å². The van der Waals surface area contributed by atoms with E-state index < -0.39 is 5.72 Å². The zero-order chi connectivity index (χ0) is 9.47. The summed E-state index contributed by atoms with van der Waals surface area (Å²) in [5, 5.41) is 21.7. The zero-order valence-corrected chi connectivity index (χ0v) is 7.95. The van der Waals surface area contributed by atoms with E-state index in [-0.39, 0.29) is 0 Å². The molecule has 2 aliphatic rings. The van der Waals surface area contributed by atoms with E-state index in [0.29, 0.717) is 17.0 Å². The molecular formula is C9H10N2OS. The number of nitrogens with zero attached hydrogens (tertiary/aromatic N) is 1. The molecule has 0 aromatic heterocycles. The Labute approximate surface area is 82.1 Å². The standard InChI is InChI=1S/C9H10N2OS/c10-5-6-7-3-1-2-4-9(7,12)11-8(6)13/h12H,1-4H2,(H,11,13). The Balaban J connectivity index is 2.47. The van der Waals surface area contributed by atoms with Crippen LogP contribution in [-0.2, 0) is 0 Å². The third-order valence-electron chi connectivity index (χ3n) is 2.68. The van der Waals surface area contributed by atoms with Crippen molar-refractivity contribution < 1.29 is 5.11 Å². The van der Waals surface area contributed by atoms with Crippen LogP contribution in [0.15, 0.2) is 11.1 Å². The minimum Gasteiger partial charge on any atom is -0.367 e. The largest absolute Gasteiger partial charge is 0.367 e. The number of nitrogens with one attached hydrogen (secondary N) is 1. The van der Waals surface area contributed by atoms with E-state index in [9.17, 15) is 5.11 Å². The predicted octanol–water partition coefficient (Wildman–Crippen LogP) is 1.000. The Bertz CT molecular complexity index is 342. The van der Waals surface area contributed by atoms with Gasteiger partial charge >= 0.3 is 0 Å². The van der Waals surface area contributed by atoms with Crippen LogP contribution in [0.3, 0.4) is 0 Å². The summed E-state index contributed by atoms with van der Waals surface area (Å²) >= 11 is 4.97. The van der Waals surface area contributed by atoms with Gasteiger partial charge in [-0.05, 0) is 25.7 Å². The van der Waals surface area contributed by atoms with Crippen molar-refractivity contribution in [1.82, 2.24) is 5.32 Å². The van der Waals surface area contributed by atoms with Crippen molar-refractivity contribution in [1.29, 1.82) is 5.26 Å². The molecule has 1 saturated carbocycles. The van der Waals surface area contributed by atoms with Crippen LogP contribution in [0, 0.1) is 11.3 Å². The quantitative estimate of drug-likeness (QED) is 0.565. The minimum atomic E-state index is -1.000. The van der Waals surface area contributed by atoms with Crippen LogP contribution in [-0.4, -0.2) is 15.8 Å². The fourth-order valence-corrected chi connectivity index (χ4v) is 2.35. The topological polar surface area (TPSA) is 56.0 Å². The van der Waals surface area contributed by atoms with E-state index in [1.165, 1.54) is 0 Å². The average Bonchev–Trinajstić information content (AvgIpc) is 2.34. The first-order valence-corrected chi connectivity index (χ1v) is 4.77. The van der Waals surface area contributed by atoms with Crippen molar-refractivity contribution in [3.05, 3.63) is 11.1 Å². The molecule has 0 bridgehead atoms. The monoisotopic (exact) mass is 194 g/mol. The lowest BCUT2D eigenvalue weighted by Crippen LogP contribution is -2.45. The third kappa shape index (κ3) is 1.16. The SMILES string of the molecule is N#CC1=C2CCCCC2(O)NC1=S. The van der Waals surface area contributed by atoms with Crippen LogP contribution in [0.2, 0.25) is 0 Å². The smallest absolute Gasteiger partial charge is 0.160 e. The fourth-order valence-electron chi connectivity index (χ4n) is 2.02. The summed E-state index contributed by atoms with van der Waals surface area (Å²) in [5.74, 6) is 0. The first-order valence-electron chi connectivity index (χ1n) is 4.36. The van der Waals surface area contributed by atoms with Gasteiger partial charge in [0.1, 0.15) is 11.1 Å². The van der Waals surface area contributed by atoms with Gasteiger partial charge in [0.2, 0.25) is 0 Å². The van der Waals surface area contributed by atoms with E-state index in [1.54, 1.807) is 0 Å². The van der Waals surface area contributed by atoms with E-state index in [1.807, 2.05) is 0 Å². The maximum atomic E-state index is 10.1. The summed E-state index contributed by atoms with van der Waals surface area (Å²) < 4.78 is 0. The highest BCUT2D eigenvalue weighted by Gasteiger charge is 2.42. The van der Waals surface area contributed by atoms with Gasteiger partial charge in [-0.1, -0.05) is 12.2 Å². The lowest BCUT2D eigenvalue weighted by Gasteiger charge is -2.30. The maximum absolute atomic E-state index is 10.1. The zero-order valence-electron chi connectivity index (χ0n) is 7.13. The Hall–Kier alpha value is -0.920. The van der Waals surface area contributed by atoms with Crippen LogP contribution >= 0.6 is 12.2 Å². The van der Waals surface area contributed by atoms with Crippen LogP contribution in [0.4, 0.5) is 0 Å². The number of hydrogen-bond donors (Lipinski definition) is 2. The molecule has 1 atom stereocenters. The van der Waals surface area contributed by atoms with Gasteiger partial charge in [-0.25, -0.2) is 0 Å². The van der Waals surface area contributed by atoms with E-state index in [2.05, 4.69) is 11.4 Å². The molecule has 1 fully saturated rings. The summed E-state index contributed by atoms with van der Waals surface area (Å²) in [7, 11) is 0. The fraction of sp³-hybridized carbons (Fsp3) is 0.556. The number of thiocarbonyl (C=S) groups is 1. The first-order chi connectivity index (χ1) is 6.17. The van der Waals surface area contributed by atoms with Gasteiger partial charge in [0.15, 0.2) is 5.72 Å². The molecule has 1 aliphatic carbocycles.